The Morgan fingerprint density at radius 3 is 2.52 bits per heavy atom. The summed E-state index contributed by atoms with van der Waals surface area (Å²) in [5.74, 6) is 0.860. The number of nitrogens with zero attached hydrogens (tertiary/aromatic N) is 1. The third kappa shape index (κ3) is 4.24. The van der Waals surface area contributed by atoms with Crippen molar-refractivity contribution in [3.63, 3.8) is 0 Å². The van der Waals surface area contributed by atoms with Crippen LogP contribution in [0.1, 0.15) is 11.1 Å². The highest BCUT2D eigenvalue weighted by atomic mass is 16.5. The Labute approximate surface area is 125 Å². The maximum Gasteiger partial charge on any atom is 0.122 e. The highest BCUT2D eigenvalue weighted by Gasteiger charge is 2.02. The summed E-state index contributed by atoms with van der Waals surface area (Å²) in [7, 11) is 2.05. The van der Waals surface area contributed by atoms with Gasteiger partial charge in [0.25, 0.3) is 0 Å². The Balaban J connectivity index is 1.85. The number of nitrogen functional groups attached to an aromatic ring is 1. The topological polar surface area (TPSA) is 62.3 Å². The average Bonchev–Trinajstić information content (AvgIpc) is 2.47. The van der Waals surface area contributed by atoms with Crippen molar-refractivity contribution in [1.29, 1.82) is 5.41 Å². The number of aryl methyl sites for hydroxylation is 1. The predicted molar refractivity (Wildman–Crippen MR) is 87.4 cm³/mol. The lowest BCUT2D eigenvalue weighted by molar-refractivity contribution is 0.326. The SMILES string of the molecule is Cc1cccc(N(C)CCOc2ccc(C(=N)N)cc2)c1. The lowest BCUT2D eigenvalue weighted by Crippen LogP contribution is -2.23. The first kappa shape index (κ1) is 14.9. The summed E-state index contributed by atoms with van der Waals surface area (Å²) in [5.41, 5.74) is 8.56. The van der Waals surface area contributed by atoms with Crippen LogP contribution >= 0.6 is 0 Å². The van der Waals surface area contributed by atoms with Gasteiger partial charge in [0.15, 0.2) is 0 Å². The normalized spacial score (nSPS) is 10.2. The molecule has 0 fully saturated rings. The first-order chi connectivity index (χ1) is 10.1. The first-order valence-corrected chi connectivity index (χ1v) is 6.91. The molecule has 110 valence electrons. The Morgan fingerprint density at radius 1 is 1.19 bits per heavy atom. The summed E-state index contributed by atoms with van der Waals surface area (Å²) in [4.78, 5) is 2.16. The summed E-state index contributed by atoms with van der Waals surface area (Å²) < 4.78 is 5.71. The van der Waals surface area contributed by atoms with E-state index in [2.05, 4.69) is 43.1 Å². The van der Waals surface area contributed by atoms with Crippen molar-refractivity contribution in [2.24, 2.45) is 5.73 Å². The van der Waals surface area contributed by atoms with E-state index in [-0.39, 0.29) is 5.84 Å². The van der Waals surface area contributed by atoms with Gasteiger partial charge in [0.2, 0.25) is 0 Å². The minimum atomic E-state index is 0.0701. The number of likely N-dealkylation sites (N-methyl/N-ethyl adjacent to an activating group) is 1. The molecule has 3 N–H and O–H groups in total. The van der Waals surface area contributed by atoms with Crippen molar-refractivity contribution in [1.82, 2.24) is 0 Å². The Hall–Kier alpha value is -2.49. The molecule has 2 rings (SSSR count). The average molecular weight is 283 g/mol. The fourth-order valence-electron chi connectivity index (χ4n) is 2.03. The summed E-state index contributed by atoms with van der Waals surface area (Å²) in [6.07, 6.45) is 0. The van der Waals surface area contributed by atoms with Gasteiger partial charge in [-0.25, -0.2) is 0 Å². The molecule has 0 radical (unpaired) electrons. The van der Waals surface area contributed by atoms with Gasteiger partial charge < -0.3 is 15.4 Å². The summed E-state index contributed by atoms with van der Waals surface area (Å²) in [6.45, 7) is 3.49. The van der Waals surface area contributed by atoms with Gasteiger partial charge in [0, 0.05) is 18.3 Å². The quantitative estimate of drug-likeness (QED) is 0.633. The molecule has 4 heteroatoms. The zero-order valence-corrected chi connectivity index (χ0v) is 12.5. The molecule has 0 amide bonds. The third-order valence-corrected chi connectivity index (χ3v) is 3.30. The third-order valence-electron chi connectivity index (χ3n) is 3.30. The van der Waals surface area contributed by atoms with Crippen LogP contribution in [-0.4, -0.2) is 26.0 Å². The van der Waals surface area contributed by atoms with Gasteiger partial charge in [-0.3, -0.25) is 5.41 Å². The van der Waals surface area contributed by atoms with Gasteiger partial charge in [0.1, 0.15) is 18.2 Å². The van der Waals surface area contributed by atoms with Gasteiger partial charge in [-0.1, -0.05) is 12.1 Å². The smallest absolute Gasteiger partial charge is 0.122 e. The van der Waals surface area contributed by atoms with Crippen LogP contribution in [0.4, 0.5) is 5.69 Å². The number of ether oxygens (including phenoxy) is 1. The monoisotopic (exact) mass is 283 g/mol. The van der Waals surface area contributed by atoms with Crippen LogP contribution in [0.15, 0.2) is 48.5 Å². The summed E-state index contributed by atoms with van der Waals surface area (Å²) in [6, 6.07) is 15.7. The molecule has 21 heavy (non-hydrogen) atoms. The molecule has 0 spiro atoms. The molecule has 0 aliphatic heterocycles. The van der Waals surface area contributed by atoms with Gasteiger partial charge >= 0.3 is 0 Å². The maximum absolute atomic E-state index is 7.34. The summed E-state index contributed by atoms with van der Waals surface area (Å²) in [5, 5.41) is 7.34. The molecule has 0 atom stereocenters. The molecule has 0 aliphatic rings. The van der Waals surface area contributed by atoms with Crippen molar-refractivity contribution >= 4 is 11.5 Å². The van der Waals surface area contributed by atoms with Crippen LogP contribution in [-0.2, 0) is 0 Å². The first-order valence-electron chi connectivity index (χ1n) is 6.91. The van der Waals surface area contributed by atoms with Crippen LogP contribution < -0.4 is 15.4 Å². The van der Waals surface area contributed by atoms with Crippen molar-refractivity contribution in [3.8, 4) is 5.75 Å². The van der Waals surface area contributed by atoms with Crippen molar-refractivity contribution in [2.45, 2.75) is 6.92 Å². The van der Waals surface area contributed by atoms with Gasteiger partial charge in [-0.2, -0.15) is 0 Å². The zero-order valence-electron chi connectivity index (χ0n) is 12.5. The minimum absolute atomic E-state index is 0.0701. The minimum Gasteiger partial charge on any atom is -0.492 e. The summed E-state index contributed by atoms with van der Waals surface area (Å²) >= 11 is 0. The van der Waals surface area contributed by atoms with E-state index in [1.54, 1.807) is 12.1 Å². The lowest BCUT2D eigenvalue weighted by atomic mass is 10.2. The van der Waals surface area contributed by atoms with Gasteiger partial charge in [-0.05, 0) is 48.9 Å². The molecule has 0 aliphatic carbocycles. The number of hydrogen-bond donors (Lipinski definition) is 2. The van der Waals surface area contributed by atoms with Crippen LogP contribution in [0, 0.1) is 12.3 Å². The van der Waals surface area contributed by atoms with Crippen molar-refractivity contribution in [2.75, 3.05) is 25.1 Å². The van der Waals surface area contributed by atoms with Crippen LogP contribution in [0.5, 0.6) is 5.75 Å². The van der Waals surface area contributed by atoms with E-state index < -0.39 is 0 Å². The van der Waals surface area contributed by atoms with E-state index in [4.69, 9.17) is 15.9 Å². The van der Waals surface area contributed by atoms with Crippen molar-refractivity contribution in [3.05, 3.63) is 59.7 Å². The highest BCUT2D eigenvalue weighted by molar-refractivity contribution is 5.94. The fraction of sp³-hybridized carbons (Fsp3) is 0.235. The molecule has 4 nitrogen and oxygen atoms in total. The van der Waals surface area contributed by atoms with E-state index in [1.165, 1.54) is 11.3 Å². The molecule has 0 bridgehead atoms. The number of hydrogen-bond acceptors (Lipinski definition) is 3. The number of amidine groups is 1. The number of anilines is 1. The molecule has 0 aromatic heterocycles. The van der Waals surface area contributed by atoms with Gasteiger partial charge in [-0.15, -0.1) is 0 Å². The van der Waals surface area contributed by atoms with E-state index in [0.717, 1.165) is 12.3 Å². The molecule has 0 saturated heterocycles. The molecule has 2 aromatic rings. The number of nitrogens with one attached hydrogen (secondary N) is 1. The Kier molecular flexibility index (Phi) is 4.82. The van der Waals surface area contributed by atoms with E-state index in [9.17, 15) is 0 Å². The zero-order chi connectivity index (χ0) is 15.2. The predicted octanol–water partition coefficient (Wildman–Crippen LogP) is 2.79. The second-order valence-electron chi connectivity index (χ2n) is 5.05. The lowest BCUT2D eigenvalue weighted by Gasteiger charge is -2.20. The molecule has 2 aromatic carbocycles. The molecular weight excluding hydrogens is 262 g/mol. The number of benzene rings is 2. The van der Waals surface area contributed by atoms with Crippen LogP contribution in [0.25, 0.3) is 0 Å². The van der Waals surface area contributed by atoms with Gasteiger partial charge in [0.05, 0.1) is 6.54 Å². The van der Waals surface area contributed by atoms with Crippen LogP contribution in [0.3, 0.4) is 0 Å². The Bertz CT molecular complexity index is 608. The van der Waals surface area contributed by atoms with E-state index in [0.29, 0.717) is 12.2 Å². The molecule has 0 heterocycles. The maximum atomic E-state index is 7.34. The van der Waals surface area contributed by atoms with E-state index >= 15 is 0 Å². The molecule has 0 saturated carbocycles. The number of nitrogens with two attached hydrogens (primary N) is 1. The second-order valence-corrected chi connectivity index (χ2v) is 5.05. The second kappa shape index (κ2) is 6.79. The Morgan fingerprint density at radius 2 is 1.90 bits per heavy atom. The highest BCUT2D eigenvalue weighted by Crippen LogP contribution is 2.15. The molecular formula is C17H21N3O. The van der Waals surface area contributed by atoms with Crippen molar-refractivity contribution < 1.29 is 4.74 Å². The largest absolute Gasteiger partial charge is 0.492 e. The fourth-order valence-corrected chi connectivity index (χ4v) is 2.03. The van der Waals surface area contributed by atoms with Crippen LogP contribution in [0.2, 0.25) is 0 Å². The van der Waals surface area contributed by atoms with E-state index in [1.807, 2.05) is 12.1 Å². The standard InChI is InChI=1S/C17H21N3O/c1-13-4-3-5-15(12-13)20(2)10-11-21-16-8-6-14(7-9-16)17(18)19/h3-9,12H,10-11H2,1-2H3,(H3,18,19). The number of rotatable bonds is 6. The molecule has 0 unspecified atom stereocenters.